The Morgan fingerprint density at radius 3 is 2.55 bits per heavy atom. The van der Waals surface area contributed by atoms with Gasteiger partial charge in [-0.3, -0.25) is 4.79 Å². The van der Waals surface area contributed by atoms with Crippen molar-refractivity contribution in [3.05, 3.63) is 10.6 Å². The van der Waals surface area contributed by atoms with Crippen molar-refractivity contribution < 1.29 is 9.90 Å². The summed E-state index contributed by atoms with van der Waals surface area (Å²) in [6, 6.07) is 0.518. The minimum Gasteiger partial charge on any atom is -0.481 e. The van der Waals surface area contributed by atoms with Crippen molar-refractivity contribution in [2.75, 3.05) is 5.32 Å². The molecule has 20 heavy (non-hydrogen) atoms. The largest absolute Gasteiger partial charge is 0.481 e. The molecule has 3 rings (SSSR count). The van der Waals surface area contributed by atoms with Gasteiger partial charge in [0.15, 0.2) is 5.13 Å². The van der Waals surface area contributed by atoms with Crippen LogP contribution in [0.5, 0.6) is 0 Å². The number of nitrogens with one attached hydrogen (secondary N) is 1. The van der Waals surface area contributed by atoms with Gasteiger partial charge in [-0.25, -0.2) is 4.98 Å². The summed E-state index contributed by atoms with van der Waals surface area (Å²) in [5.74, 6) is -1.11. The standard InChI is InChI=1S/C15H22N2O2S/c18-14(19)11-8-9-12-13(11)17-15(20-12)16-10-6-4-2-1-3-5-7-10/h10-11H,1-9H2,(H,16,17)(H,18,19). The summed E-state index contributed by atoms with van der Waals surface area (Å²) in [5.41, 5.74) is 0.816. The van der Waals surface area contributed by atoms with E-state index in [-0.39, 0.29) is 5.92 Å². The first kappa shape index (κ1) is 13.9. The van der Waals surface area contributed by atoms with E-state index in [2.05, 4.69) is 10.3 Å². The Morgan fingerprint density at radius 1 is 1.15 bits per heavy atom. The molecule has 5 heteroatoms. The Kier molecular flexibility index (Phi) is 4.24. The summed E-state index contributed by atoms with van der Waals surface area (Å²) in [7, 11) is 0. The fourth-order valence-corrected chi connectivity index (χ4v) is 4.42. The molecular weight excluding hydrogens is 272 g/mol. The number of aryl methyl sites for hydroxylation is 1. The van der Waals surface area contributed by atoms with Crippen molar-refractivity contribution in [3.63, 3.8) is 0 Å². The van der Waals surface area contributed by atoms with Crippen LogP contribution in [0.2, 0.25) is 0 Å². The third-order valence-electron chi connectivity index (χ3n) is 4.45. The van der Waals surface area contributed by atoms with E-state index in [1.165, 1.54) is 49.8 Å². The maximum atomic E-state index is 11.2. The Bertz CT molecular complexity index is 478. The third kappa shape index (κ3) is 2.97. The number of carboxylic acid groups (broad SMARTS) is 1. The zero-order valence-electron chi connectivity index (χ0n) is 11.7. The fraction of sp³-hybridized carbons (Fsp3) is 0.733. The van der Waals surface area contributed by atoms with Gasteiger partial charge in [-0.1, -0.05) is 32.1 Å². The van der Waals surface area contributed by atoms with Crippen LogP contribution in [0.25, 0.3) is 0 Å². The molecule has 0 bridgehead atoms. The van der Waals surface area contributed by atoms with E-state index < -0.39 is 5.97 Å². The summed E-state index contributed by atoms with van der Waals surface area (Å²) in [5, 5.41) is 13.7. The zero-order chi connectivity index (χ0) is 13.9. The fourth-order valence-electron chi connectivity index (χ4n) is 3.30. The number of aliphatic carboxylic acids is 1. The van der Waals surface area contributed by atoms with Crippen LogP contribution in [0, 0.1) is 0 Å². The minimum absolute atomic E-state index is 0.380. The van der Waals surface area contributed by atoms with Crippen LogP contribution in [-0.4, -0.2) is 22.1 Å². The molecule has 0 aliphatic heterocycles. The van der Waals surface area contributed by atoms with Gasteiger partial charge < -0.3 is 10.4 Å². The molecule has 1 saturated carbocycles. The third-order valence-corrected chi connectivity index (χ3v) is 5.51. The molecule has 2 N–H and O–H groups in total. The lowest BCUT2D eigenvalue weighted by atomic mass is 9.97. The van der Waals surface area contributed by atoms with Gasteiger partial charge in [-0.15, -0.1) is 11.3 Å². The molecule has 2 aliphatic rings. The molecule has 1 aromatic heterocycles. The van der Waals surface area contributed by atoms with Crippen LogP contribution in [-0.2, 0) is 11.2 Å². The summed E-state index contributed by atoms with van der Waals surface area (Å²) in [6.07, 6.45) is 10.7. The van der Waals surface area contributed by atoms with E-state index in [0.717, 1.165) is 17.2 Å². The van der Waals surface area contributed by atoms with Gasteiger partial charge in [-0.05, 0) is 25.7 Å². The topological polar surface area (TPSA) is 62.2 Å². The highest BCUT2D eigenvalue weighted by Gasteiger charge is 2.32. The van der Waals surface area contributed by atoms with Crippen LogP contribution < -0.4 is 5.32 Å². The van der Waals surface area contributed by atoms with E-state index in [9.17, 15) is 9.90 Å². The maximum Gasteiger partial charge on any atom is 0.312 e. The molecule has 1 unspecified atom stereocenters. The minimum atomic E-state index is -0.730. The SMILES string of the molecule is O=C(O)C1CCc2sc(NC3CCCCCCC3)nc21. The number of carbonyl (C=O) groups is 1. The van der Waals surface area contributed by atoms with Crippen LogP contribution >= 0.6 is 11.3 Å². The lowest BCUT2D eigenvalue weighted by Crippen LogP contribution is -2.20. The Balaban J connectivity index is 1.66. The maximum absolute atomic E-state index is 11.2. The van der Waals surface area contributed by atoms with Crippen LogP contribution in [0.3, 0.4) is 0 Å². The predicted octanol–water partition coefficient (Wildman–Crippen LogP) is 3.78. The average Bonchev–Trinajstić information content (AvgIpc) is 2.91. The van der Waals surface area contributed by atoms with Crippen LogP contribution in [0.15, 0.2) is 0 Å². The Labute approximate surface area is 123 Å². The number of aromatic nitrogens is 1. The highest BCUT2D eigenvalue weighted by atomic mass is 32.1. The van der Waals surface area contributed by atoms with Crippen molar-refractivity contribution in [1.29, 1.82) is 0 Å². The van der Waals surface area contributed by atoms with E-state index in [0.29, 0.717) is 12.5 Å². The summed E-state index contributed by atoms with van der Waals surface area (Å²) < 4.78 is 0. The van der Waals surface area contributed by atoms with Gasteiger partial charge in [0.1, 0.15) is 5.92 Å². The molecule has 4 nitrogen and oxygen atoms in total. The molecule has 0 saturated heterocycles. The predicted molar refractivity (Wildman–Crippen MR) is 80.5 cm³/mol. The van der Waals surface area contributed by atoms with E-state index >= 15 is 0 Å². The summed E-state index contributed by atoms with van der Waals surface area (Å²) >= 11 is 1.66. The Morgan fingerprint density at radius 2 is 1.85 bits per heavy atom. The average molecular weight is 294 g/mol. The number of anilines is 1. The molecule has 1 heterocycles. The molecule has 1 aromatic rings. The van der Waals surface area contributed by atoms with Crippen molar-refractivity contribution in [2.45, 2.75) is 69.7 Å². The normalized spacial score (nSPS) is 23.9. The van der Waals surface area contributed by atoms with Gasteiger partial charge in [0.05, 0.1) is 5.69 Å². The van der Waals surface area contributed by atoms with Crippen LogP contribution in [0.1, 0.15) is 67.9 Å². The number of rotatable bonds is 3. The number of hydrogen-bond donors (Lipinski definition) is 2. The molecular formula is C15H22N2O2S. The highest BCUT2D eigenvalue weighted by molar-refractivity contribution is 7.15. The first-order valence-electron chi connectivity index (χ1n) is 7.73. The zero-order valence-corrected chi connectivity index (χ0v) is 12.5. The molecule has 2 aliphatic carbocycles. The molecule has 1 atom stereocenters. The van der Waals surface area contributed by atoms with Crippen LogP contribution in [0.4, 0.5) is 5.13 Å². The van der Waals surface area contributed by atoms with Crippen molar-refractivity contribution in [3.8, 4) is 0 Å². The first-order valence-corrected chi connectivity index (χ1v) is 8.54. The quantitative estimate of drug-likeness (QED) is 0.890. The molecule has 0 radical (unpaired) electrons. The van der Waals surface area contributed by atoms with Gasteiger partial charge in [0.2, 0.25) is 0 Å². The highest BCUT2D eigenvalue weighted by Crippen LogP contribution is 2.38. The second kappa shape index (κ2) is 6.12. The number of nitrogens with zero attached hydrogens (tertiary/aromatic N) is 1. The lowest BCUT2D eigenvalue weighted by Gasteiger charge is -2.20. The first-order chi connectivity index (χ1) is 9.74. The smallest absolute Gasteiger partial charge is 0.312 e. The molecule has 0 spiro atoms. The number of hydrogen-bond acceptors (Lipinski definition) is 4. The van der Waals surface area contributed by atoms with Crippen molar-refractivity contribution in [1.82, 2.24) is 4.98 Å². The van der Waals surface area contributed by atoms with Gasteiger partial charge in [0, 0.05) is 10.9 Å². The van der Waals surface area contributed by atoms with Gasteiger partial charge >= 0.3 is 5.97 Å². The molecule has 0 amide bonds. The lowest BCUT2D eigenvalue weighted by molar-refractivity contribution is -0.138. The molecule has 110 valence electrons. The summed E-state index contributed by atoms with van der Waals surface area (Å²) in [4.78, 5) is 16.9. The van der Waals surface area contributed by atoms with Crippen molar-refractivity contribution >= 4 is 22.4 Å². The van der Waals surface area contributed by atoms with E-state index in [4.69, 9.17) is 0 Å². The van der Waals surface area contributed by atoms with E-state index in [1.54, 1.807) is 11.3 Å². The molecule has 1 fully saturated rings. The molecule has 0 aromatic carbocycles. The van der Waals surface area contributed by atoms with Gasteiger partial charge in [0.25, 0.3) is 0 Å². The van der Waals surface area contributed by atoms with Crippen molar-refractivity contribution in [2.24, 2.45) is 0 Å². The summed E-state index contributed by atoms with van der Waals surface area (Å²) in [6.45, 7) is 0. The second-order valence-electron chi connectivity index (χ2n) is 5.94. The monoisotopic (exact) mass is 294 g/mol. The second-order valence-corrected chi connectivity index (χ2v) is 7.03. The number of carboxylic acids is 1. The number of fused-ring (bicyclic) bond motifs is 1. The van der Waals surface area contributed by atoms with Gasteiger partial charge in [-0.2, -0.15) is 0 Å². The number of thiazole rings is 1. The Hall–Kier alpha value is -1.10. The van der Waals surface area contributed by atoms with E-state index in [1.807, 2.05) is 0 Å².